The average Bonchev–Trinajstić information content (AvgIpc) is 3.36. The third kappa shape index (κ3) is 4.69. The van der Waals surface area contributed by atoms with Crippen molar-refractivity contribution in [3.05, 3.63) is 21.4 Å². The summed E-state index contributed by atoms with van der Waals surface area (Å²) in [5.41, 5.74) is 1.73. The van der Waals surface area contributed by atoms with Gasteiger partial charge in [-0.3, -0.25) is 14.5 Å². The maximum Gasteiger partial charge on any atom is 0.264 e. The lowest BCUT2D eigenvalue weighted by Gasteiger charge is -2.34. The zero-order valence-electron chi connectivity index (χ0n) is 18.2. The van der Waals surface area contributed by atoms with Gasteiger partial charge in [0.25, 0.3) is 5.91 Å². The predicted octanol–water partition coefficient (Wildman–Crippen LogP) is 3.28. The van der Waals surface area contributed by atoms with Crippen molar-refractivity contribution in [1.29, 1.82) is 0 Å². The molecule has 0 saturated carbocycles. The molecule has 0 spiro atoms. The van der Waals surface area contributed by atoms with Crippen LogP contribution in [-0.4, -0.2) is 72.3 Å². The summed E-state index contributed by atoms with van der Waals surface area (Å²) in [4.78, 5) is 33.9. The first kappa shape index (κ1) is 20.9. The Morgan fingerprint density at radius 3 is 2.38 bits per heavy atom. The van der Waals surface area contributed by atoms with E-state index in [1.165, 1.54) is 16.9 Å². The number of likely N-dealkylation sites (tertiary alicyclic amines) is 1. The number of piperazine rings is 1. The second-order valence-corrected chi connectivity index (χ2v) is 11.2. The fourth-order valence-electron chi connectivity index (χ4n) is 4.89. The van der Waals surface area contributed by atoms with E-state index in [0.717, 1.165) is 69.8 Å². The number of hydrogen-bond donors (Lipinski definition) is 0. The summed E-state index contributed by atoms with van der Waals surface area (Å²) in [6, 6.07) is 2.17. The highest BCUT2D eigenvalue weighted by molar-refractivity contribution is 7.14. The molecule has 3 heterocycles. The third-order valence-electron chi connectivity index (χ3n) is 7.00. The molecule has 0 radical (unpaired) electrons. The van der Waals surface area contributed by atoms with Crippen LogP contribution in [0.5, 0.6) is 0 Å². The molecule has 5 nitrogen and oxygen atoms in total. The number of nitrogens with zero attached hydrogens (tertiary/aromatic N) is 3. The van der Waals surface area contributed by atoms with Crippen molar-refractivity contribution in [3.63, 3.8) is 0 Å². The number of amides is 2. The molecular weight excluding hydrogens is 382 g/mol. The second-order valence-electron chi connectivity index (χ2n) is 10.0. The predicted molar refractivity (Wildman–Crippen MR) is 117 cm³/mol. The maximum atomic E-state index is 13.1. The van der Waals surface area contributed by atoms with Crippen LogP contribution in [0.4, 0.5) is 0 Å². The maximum absolute atomic E-state index is 13.1. The Labute approximate surface area is 179 Å². The molecule has 2 fully saturated rings. The first-order valence-corrected chi connectivity index (χ1v) is 12.0. The molecule has 0 unspecified atom stereocenters. The van der Waals surface area contributed by atoms with Gasteiger partial charge in [-0.15, -0.1) is 11.3 Å². The molecule has 1 atom stereocenters. The molecule has 4 rings (SSSR count). The highest BCUT2D eigenvalue weighted by atomic mass is 32.1. The third-order valence-corrected chi connectivity index (χ3v) is 8.22. The van der Waals surface area contributed by atoms with Crippen molar-refractivity contribution >= 4 is 23.2 Å². The number of rotatable bonds is 3. The lowest BCUT2D eigenvalue weighted by molar-refractivity contribution is -0.131. The minimum absolute atomic E-state index is 0.183. The summed E-state index contributed by atoms with van der Waals surface area (Å²) >= 11 is 1.71. The van der Waals surface area contributed by atoms with Gasteiger partial charge in [0.15, 0.2) is 0 Å². The average molecular weight is 418 g/mol. The van der Waals surface area contributed by atoms with Gasteiger partial charge >= 0.3 is 0 Å². The Hall–Kier alpha value is -1.40. The van der Waals surface area contributed by atoms with Gasteiger partial charge in [0.05, 0.1) is 11.4 Å². The van der Waals surface area contributed by atoms with Gasteiger partial charge < -0.3 is 9.80 Å². The van der Waals surface area contributed by atoms with E-state index in [2.05, 4.69) is 31.7 Å². The number of carbonyl (C=O) groups is 2. The Bertz CT molecular complexity index is 753. The Morgan fingerprint density at radius 2 is 1.72 bits per heavy atom. The molecule has 1 aromatic rings. The summed E-state index contributed by atoms with van der Waals surface area (Å²) in [7, 11) is 0. The number of hydrogen-bond acceptors (Lipinski definition) is 4. The minimum Gasteiger partial charge on any atom is -0.342 e. The van der Waals surface area contributed by atoms with Gasteiger partial charge in [-0.1, -0.05) is 20.8 Å². The van der Waals surface area contributed by atoms with Gasteiger partial charge in [-0.25, -0.2) is 0 Å². The van der Waals surface area contributed by atoms with Crippen LogP contribution < -0.4 is 0 Å². The molecule has 2 aliphatic heterocycles. The molecule has 160 valence electrons. The van der Waals surface area contributed by atoms with Gasteiger partial charge in [0, 0.05) is 44.1 Å². The molecule has 2 saturated heterocycles. The van der Waals surface area contributed by atoms with E-state index in [9.17, 15) is 9.59 Å². The number of carbonyl (C=O) groups excluding carboxylic acids is 2. The highest BCUT2D eigenvalue weighted by Crippen LogP contribution is 2.40. The van der Waals surface area contributed by atoms with E-state index in [1.54, 1.807) is 11.3 Å². The minimum atomic E-state index is 0.183. The van der Waals surface area contributed by atoms with Gasteiger partial charge in [0.2, 0.25) is 5.91 Å². The van der Waals surface area contributed by atoms with Crippen LogP contribution in [0.15, 0.2) is 6.07 Å². The molecule has 0 N–H and O–H groups in total. The van der Waals surface area contributed by atoms with Crippen molar-refractivity contribution in [3.8, 4) is 0 Å². The van der Waals surface area contributed by atoms with Crippen LogP contribution in [-0.2, 0) is 17.6 Å². The van der Waals surface area contributed by atoms with Crippen molar-refractivity contribution < 1.29 is 9.59 Å². The topological polar surface area (TPSA) is 43.9 Å². The Balaban J connectivity index is 1.31. The van der Waals surface area contributed by atoms with Crippen LogP contribution in [0.3, 0.4) is 0 Å². The van der Waals surface area contributed by atoms with E-state index >= 15 is 0 Å². The lowest BCUT2D eigenvalue weighted by atomic mass is 9.72. The van der Waals surface area contributed by atoms with Crippen LogP contribution in [0, 0.1) is 11.3 Å². The molecule has 3 aliphatic rings. The first-order chi connectivity index (χ1) is 13.8. The quantitative estimate of drug-likeness (QED) is 0.758. The smallest absolute Gasteiger partial charge is 0.264 e. The standard InChI is InChI=1S/C23H35N3O2S/c1-23(2,3)18-6-7-19-17(14-18)15-20(29-19)22(28)26-12-10-24(11-13-26)16-21(27)25-8-4-5-9-25/h15,18H,4-14,16H2,1-3H3/t18-/m1/s1. The summed E-state index contributed by atoms with van der Waals surface area (Å²) in [6.45, 7) is 12.3. The lowest BCUT2D eigenvalue weighted by Crippen LogP contribution is -2.51. The largest absolute Gasteiger partial charge is 0.342 e. The zero-order valence-corrected chi connectivity index (χ0v) is 19.0. The van der Waals surface area contributed by atoms with Gasteiger partial charge in [-0.2, -0.15) is 0 Å². The van der Waals surface area contributed by atoms with Crippen molar-refractivity contribution in [2.24, 2.45) is 11.3 Å². The van der Waals surface area contributed by atoms with Crippen molar-refractivity contribution in [2.75, 3.05) is 45.8 Å². The summed E-state index contributed by atoms with van der Waals surface area (Å²) in [5.74, 6) is 1.13. The van der Waals surface area contributed by atoms with E-state index in [-0.39, 0.29) is 11.8 Å². The van der Waals surface area contributed by atoms with Crippen molar-refractivity contribution in [2.45, 2.75) is 52.9 Å². The molecule has 29 heavy (non-hydrogen) atoms. The fraction of sp³-hybridized carbons (Fsp3) is 0.739. The van der Waals surface area contributed by atoms with E-state index < -0.39 is 0 Å². The fourth-order valence-corrected chi connectivity index (χ4v) is 6.07. The van der Waals surface area contributed by atoms with E-state index in [1.807, 2.05) is 9.80 Å². The number of fused-ring (bicyclic) bond motifs is 1. The molecule has 0 aromatic carbocycles. The summed E-state index contributed by atoms with van der Waals surface area (Å²) in [6.07, 6.45) is 5.72. The molecule has 2 amide bonds. The molecular formula is C23H35N3O2S. The zero-order chi connectivity index (χ0) is 20.6. The van der Waals surface area contributed by atoms with Gasteiger partial charge in [0.1, 0.15) is 0 Å². The summed E-state index contributed by atoms with van der Waals surface area (Å²) in [5, 5.41) is 0. The van der Waals surface area contributed by atoms with Crippen LogP contribution in [0.1, 0.15) is 60.1 Å². The Kier molecular flexibility index (Phi) is 6.03. The number of thiophene rings is 1. The first-order valence-electron chi connectivity index (χ1n) is 11.2. The van der Waals surface area contributed by atoms with Crippen LogP contribution in [0.2, 0.25) is 0 Å². The van der Waals surface area contributed by atoms with E-state index in [0.29, 0.717) is 17.9 Å². The van der Waals surface area contributed by atoms with E-state index in [4.69, 9.17) is 0 Å². The molecule has 0 bridgehead atoms. The van der Waals surface area contributed by atoms with Crippen LogP contribution in [0.25, 0.3) is 0 Å². The van der Waals surface area contributed by atoms with Gasteiger partial charge in [-0.05, 0) is 55.1 Å². The van der Waals surface area contributed by atoms with Crippen molar-refractivity contribution in [1.82, 2.24) is 14.7 Å². The SMILES string of the molecule is CC(C)(C)[C@@H]1CCc2sc(C(=O)N3CCN(CC(=O)N4CCCC4)CC3)cc2C1. The normalized spacial score (nSPS) is 23.3. The molecule has 1 aliphatic carbocycles. The number of aryl methyl sites for hydroxylation is 1. The monoisotopic (exact) mass is 417 g/mol. The van der Waals surface area contributed by atoms with Crippen LogP contribution >= 0.6 is 11.3 Å². The second kappa shape index (κ2) is 8.38. The Morgan fingerprint density at radius 1 is 1.03 bits per heavy atom. The molecule has 1 aromatic heterocycles. The summed E-state index contributed by atoms with van der Waals surface area (Å²) < 4.78 is 0. The molecule has 6 heteroatoms. The highest BCUT2D eigenvalue weighted by Gasteiger charge is 2.32.